The van der Waals surface area contributed by atoms with E-state index in [2.05, 4.69) is 5.32 Å². The molecule has 0 aliphatic heterocycles. The summed E-state index contributed by atoms with van der Waals surface area (Å²) in [6.45, 7) is 2.36. The predicted octanol–water partition coefficient (Wildman–Crippen LogP) is 2.95. The zero-order valence-electron chi connectivity index (χ0n) is 9.13. The molecule has 0 heterocycles. The van der Waals surface area contributed by atoms with Gasteiger partial charge in [0.1, 0.15) is 0 Å². The van der Waals surface area contributed by atoms with Crippen molar-refractivity contribution in [2.24, 2.45) is 0 Å². The van der Waals surface area contributed by atoms with Crippen LogP contribution >= 0.6 is 23.2 Å². The number of hydrogen-bond donors (Lipinski definition) is 2. The maximum Gasteiger partial charge on any atom is 0.0636 e. The summed E-state index contributed by atoms with van der Waals surface area (Å²) in [7, 11) is 0. The van der Waals surface area contributed by atoms with Crippen LogP contribution in [0.5, 0.6) is 0 Å². The molecule has 0 bridgehead atoms. The SMILES string of the molecule is CC(O)CNC1CCc2c(Cl)cc(Cl)cc21. The zero-order valence-corrected chi connectivity index (χ0v) is 10.6. The van der Waals surface area contributed by atoms with E-state index in [1.165, 1.54) is 11.1 Å². The van der Waals surface area contributed by atoms with E-state index < -0.39 is 0 Å². The fourth-order valence-electron chi connectivity index (χ4n) is 2.17. The van der Waals surface area contributed by atoms with Crippen molar-refractivity contribution in [3.63, 3.8) is 0 Å². The van der Waals surface area contributed by atoms with Crippen LogP contribution in [0.25, 0.3) is 0 Å². The van der Waals surface area contributed by atoms with Crippen molar-refractivity contribution in [3.8, 4) is 0 Å². The average Bonchev–Trinajstić information content (AvgIpc) is 2.58. The lowest BCUT2D eigenvalue weighted by Crippen LogP contribution is -2.27. The number of fused-ring (bicyclic) bond motifs is 1. The first-order chi connectivity index (χ1) is 7.58. The third kappa shape index (κ3) is 2.51. The standard InChI is InChI=1S/C12H15Cl2NO/c1-7(16)6-15-12-3-2-9-10(12)4-8(13)5-11(9)14/h4-5,7,12,15-16H,2-3,6H2,1H3. The smallest absolute Gasteiger partial charge is 0.0636 e. The minimum Gasteiger partial charge on any atom is -0.392 e. The van der Waals surface area contributed by atoms with Gasteiger partial charge in [0.05, 0.1) is 6.10 Å². The summed E-state index contributed by atoms with van der Waals surface area (Å²) < 4.78 is 0. The van der Waals surface area contributed by atoms with Gasteiger partial charge in [-0.25, -0.2) is 0 Å². The van der Waals surface area contributed by atoms with Crippen molar-refractivity contribution in [1.82, 2.24) is 5.32 Å². The first-order valence-electron chi connectivity index (χ1n) is 5.47. The van der Waals surface area contributed by atoms with Gasteiger partial charge in [-0.1, -0.05) is 23.2 Å². The highest BCUT2D eigenvalue weighted by atomic mass is 35.5. The fourth-order valence-corrected chi connectivity index (χ4v) is 2.77. The Bertz CT molecular complexity index is 393. The van der Waals surface area contributed by atoms with Crippen LogP contribution in [0, 0.1) is 0 Å². The van der Waals surface area contributed by atoms with Crippen LogP contribution in [0.15, 0.2) is 12.1 Å². The number of aliphatic hydroxyl groups is 1. The Balaban J connectivity index is 2.19. The van der Waals surface area contributed by atoms with E-state index in [0.29, 0.717) is 11.6 Å². The predicted molar refractivity (Wildman–Crippen MR) is 67.2 cm³/mol. The molecule has 2 nitrogen and oxygen atoms in total. The topological polar surface area (TPSA) is 32.3 Å². The molecule has 0 radical (unpaired) electrons. The monoisotopic (exact) mass is 259 g/mol. The Morgan fingerprint density at radius 1 is 1.50 bits per heavy atom. The van der Waals surface area contributed by atoms with E-state index in [1.807, 2.05) is 6.07 Å². The van der Waals surface area contributed by atoms with Gasteiger partial charge in [0, 0.05) is 22.6 Å². The normalized spacial score (nSPS) is 20.9. The number of halogens is 2. The molecule has 0 fully saturated rings. The Labute approximate surface area is 106 Å². The van der Waals surface area contributed by atoms with Crippen molar-refractivity contribution in [2.45, 2.75) is 31.9 Å². The molecular weight excluding hydrogens is 245 g/mol. The molecule has 0 spiro atoms. The van der Waals surface area contributed by atoms with Gasteiger partial charge in [-0.2, -0.15) is 0 Å². The quantitative estimate of drug-likeness (QED) is 0.875. The second-order valence-electron chi connectivity index (χ2n) is 4.30. The summed E-state index contributed by atoms with van der Waals surface area (Å²) in [4.78, 5) is 0. The van der Waals surface area contributed by atoms with Gasteiger partial charge < -0.3 is 10.4 Å². The molecule has 2 atom stereocenters. The van der Waals surface area contributed by atoms with Crippen molar-refractivity contribution in [1.29, 1.82) is 0 Å². The first-order valence-corrected chi connectivity index (χ1v) is 6.23. The molecule has 0 saturated heterocycles. The van der Waals surface area contributed by atoms with E-state index in [1.54, 1.807) is 13.0 Å². The molecule has 16 heavy (non-hydrogen) atoms. The molecule has 1 aliphatic rings. The van der Waals surface area contributed by atoms with Crippen molar-refractivity contribution < 1.29 is 5.11 Å². The molecule has 0 saturated carbocycles. The Hall–Kier alpha value is -0.280. The maximum absolute atomic E-state index is 9.26. The van der Waals surface area contributed by atoms with Crippen LogP contribution in [0.3, 0.4) is 0 Å². The Morgan fingerprint density at radius 3 is 2.94 bits per heavy atom. The van der Waals surface area contributed by atoms with Crippen molar-refractivity contribution in [3.05, 3.63) is 33.3 Å². The summed E-state index contributed by atoms with van der Waals surface area (Å²) in [5.41, 5.74) is 2.37. The molecule has 1 aromatic rings. The molecule has 2 unspecified atom stereocenters. The number of hydrogen-bond acceptors (Lipinski definition) is 2. The second kappa shape index (κ2) is 4.92. The largest absolute Gasteiger partial charge is 0.392 e. The molecule has 4 heteroatoms. The van der Waals surface area contributed by atoms with Gasteiger partial charge in [-0.3, -0.25) is 0 Å². The minimum atomic E-state index is -0.335. The van der Waals surface area contributed by atoms with E-state index in [0.717, 1.165) is 17.9 Å². The van der Waals surface area contributed by atoms with Gasteiger partial charge in [0.15, 0.2) is 0 Å². The van der Waals surface area contributed by atoms with E-state index >= 15 is 0 Å². The average molecular weight is 260 g/mol. The molecule has 1 aliphatic carbocycles. The van der Waals surface area contributed by atoms with Gasteiger partial charge in [-0.15, -0.1) is 0 Å². The van der Waals surface area contributed by atoms with Crippen LogP contribution in [-0.4, -0.2) is 17.8 Å². The van der Waals surface area contributed by atoms with E-state index in [4.69, 9.17) is 23.2 Å². The number of aliphatic hydroxyl groups excluding tert-OH is 1. The lowest BCUT2D eigenvalue weighted by atomic mass is 10.1. The van der Waals surface area contributed by atoms with Crippen LogP contribution in [0.2, 0.25) is 10.0 Å². The third-order valence-electron chi connectivity index (χ3n) is 2.91. The van der Waals surface area contributed by atoms with Crippen LogP contribution in [0.4, 0.5) is 0 Å². The highest BCUT2D eigenvalue weighted by Crippen LogP contribution is 2.37. The summed E-state index contributed by atoms with van der Waals surface area (Å²) in [5, 5.41) is 14.0. The molecule has 2 N–H and O–H groups in total. The highest BCUT2D eigenvalue weighted by Gasteiger charge is 2.24. The number of benzene rings is 1. The minimum absolute atomic E-state index is 0.265. The van der Waals surface area contributed by atoms with Gasteiger partial charge in [0.2, 0.25) is 0 Å². The lowest BCUT2D eigenvalue weighted by molar-refractivity contribution is 0.186. The second-order valence-corrected chi connectivity index (χ2v) is 5.15. The summed E-state index contributed by atoms with van der Waals surface area (Å²) >= 11 is 12.1. The Kier molecular flexibility index (Phi) is 3.75. The molecule has 0 aromatic heterocycles. The first kappa shape index (κ1) is 12.2. The van der Waals surface area contributed by atoms with Crippen LogP contribution in [-0.2, 0) is 6.42 Å². The summed E-state index contributed by atoms with van der Waals surface area (Å²) in [6, 6.07) is 4.02. The Morgan fingerprint density at radius 2 is 2.25 bits per heavy atom. The summed E-state index contributed by atoms with van der Waals surface area (Å²) in [5.74, 6) is 0. The molecule has 88 valence electrons. The van der Waals surface area contributed by atoms with Crippen molar-refractivity contribution >= 4 is 23.2 Å². The van der Waals surface area contributed by atoms with Crippen LogP contribution < -0.4 is 5.32 Å². The lowest BCUT2D eigenvalue weighted by Gasteiger charge is -2.15. The molecule has 0 amide bonds. The van der Waals surface area contributed by atoms with Gasteiger partial charge in [-0.05, 0) is 43.0 Å². The van der Waals surface area contributed by atoms with Crippen molar-refractivity contribution in [2.75, 3.05) is 6.54 Å². The molecule has 2 rings (SSSR count). The van der Waals surface area contributed by atoms with Gasteiger partial charge >= 0.3 is 0 Å². The third-order valence-corrected chi connectivity index (χ3v) is 3.47. The van der Waals surface area contributed by atoms with Crippen LogP contribution in [0.1, 0.15) is 30.5 Å². The van der Waals surface area contributed by atoms with Gasteiger partial charge in [0.25, 0.3) is 0 Å². The van der Waals surface area contributed by atoms with E-state index in [-0.39, 0.29) is 12.1 Å². The molecule has 1 aromatic carbocycles. The number of rotatable bonds is 3. The molecular formula is C12H15Cl2NO. The fraction of sp³-hybridized carbons (Fsp3) is 0.500. The highest BCUT2D eigenvalue weighted by molar-refractivity contribution is 6.35. The maximum atomic E-state index is 9.26. The van der Waals surface area contributed by atoms with E-state index in [9.17, 15) is 5.11 Å². The summed E-state index contributed by atoms with van der Waals surface area (Å²) in [6.07, 6.45) is 1.66. The zero-order chi connectivity index (χ0) is 11.7. The number of nitrogens with one attached hydrogen (secondary N) is 1.